The van der Waals surface area contributed by atoms with E-state index >= 15 is 0 Å². The van der Waals surface area contributed by atoms with Gasteiger partial charge < -0.3 is 19.5 Å². The van der Waals surface area contributed by atoms with Gasteiger partial charge in [0.05, 0.1) is 12.6 Å². The van der Waals surface area contributed by atoms with Crippen molar-refractivity contribution in [2.45, 2.75) is 37.8 Å². The van der Waals surface area contributed by atoms with E-state index in [1.54, 1.807) is 13.3 Å². The molecule has 2 aromatic rings. The molecule has 1 unspecified atom stereocenters. The van der Waals surface area contributed by atoms with E-state index in [2.05, 4.69) is 32.3 Å². The SMILES string of the molecule is COCCNc1ccc(-c2noc(C3CCCN3C3CCN(C)CC3)n2)cn1. The van der Waals surface area contributed by atoms with Crippen LogP contribution >= 0.6 is 0 Å². The van der Waals surface area contributed by atoms with Crippen LogP contribution in [0.2, 0.25) is 0 Å². The number of hydrogen-bond acceptors (Lipinski definition) is 8. The maximum absolute atomic E-state index is 5.68. The predicted molar refractivity (Wildman–Crippen MR) is 107 cm³/mol. The third-order valence-corrected chi connectivity index (χ3v) is 5.81. The van der Waals surface area contributed by atoms with Gasteiger partial charge in [-0.15, -0.1) is 0 Å². The summed E-state index contributed by atoms with van der Waals surface area (Å²) in [4.78, 5) is 14.1. The van der Waals surface area contributed by atoms with E-state index in [0.717, 1.165) is 36.8 Å². The lowest BCUT2D eigenvalue weighted by molar-refractivity contribution is 0.0958. The molecule has 0 spiro atoms. The lowest BCUT2D eigenvalue weighted by Crippen LogP contribution is -2.43. The molecule has 152 valence electrons. The smallest absolute Gasteiger partial charge is 0.244 e. The van der Waals surface area contributed by atoms with Crippen LogP contribution in [0.3, 0.4) is 0 Å². The van der Waals surface area contributed by atoms with E-state index in [0.29, 0.717) is 18.5 Å². The molecule has 2 aliphatic rings. The molecular weight excluding hydrogens is 356 g/mol. The Kier molecular flexibility index (Phi) is 6.19. The second kappa shape index (κ2) is 8.98. The topological polar surface area (TPSA) is 79.5 Å². The number of hydrogen-bond donors (Lipinski definition) is 1. The summed E-state index contributed by atoms with van der Waals surface area (Å²) >= 11 is 0. The second-order valence-corrected chi connectivity index (χ2v) is 7.74. The molecule has 0 bridgehead atoms. The maximum Gasteiger partial charge on any atom is 0.244 e. The molecule has 8 heteroatoms. The van der Waals surface area contributed by atoms with Crippen molar-refractivity contribution in [3.63, 3.8) is 0 Å². The zero-order valence-corrected chi connectivity index (χ0v) is 16.8. The first-order valence-electron chi connectivity index (χ1n) is 10.2. The molecule has 2 saturated heterocycles. The number of piperidine rings is 1. The van der Waals surface area contributed by atoms with Crippen molar-refractivity contribution in [1.29, 1.82) is 0 Å². The quantitative estimate of drug-likeness (QED) is 0.727. The number of pyridine rings is 1. The minimum atomic E-state index is 0.248. The summed E-state index contributed by atoms with van der Waals surface area (Å²) in [5.74, 6) is 2.17. The number of likely N-dealkylation sites (tertiary alicyclic amines) is 2. The normalized spacial score (nSPS) is 22.0. The molecule has 1 atom stereocenters. The first-order valence-corrected chi connectivity index (χ1v) is 10.2. The molecule has 0 aromatic carbocycles. The van der Waals surface area contributed by atoms with E-state index in [1.807, 2.05) is 12.1 Å². The van der Waals surface area contributed by atoms with E-state index in [-0.39, 0.29) is 6.04 Å². The molecule has 0 radical (unpaired) electrons. The Morgan fingerprint density at radius 1 is 1.21 bits per heavy atom. The molecule has 0 amide bonds. The Hall–Kier alpha value is -2.03. The Labute approximate surface area is 166 Å². The highest BCUT2D eigenvalue weighted by Gasteiger charge is 2.36. The molecule has 2 aromatic heterocycles. The lowest BCUT2D eigenvalue weighted by Gasteiger charge is -2.37. The van der Waals surface area contributed by atoms with Gasteiger partial charge in [-0.1, -0.05) is 5.16 Å². The summed E-state index contributed by atoms with van der Waals surface area (Å²) in [6.07, 6.45) is 6.50. The van der Waals surface area contributed by atoms with Crippen molar-refractivity contribution in [2.75, 3.05) is 52.3 Å². The highest BCUT2D eigenvalue weighted by atomic mass is 16.5. The van der Waals surface area contributed by atoms with E-state index in [4.69, 9.17) is 14.2 Å². The average molecular weight is 387 g/mol. The molecule has 0 saturated carbocycles. The van der Waals surface area contributed by atoms with Crippen LogP contribution in [-0.2, 0) is 4.74 Å². The first kappa shape index (κ1) is 19.3. The Morgan fingerprint density at radius 3 is 2.82 bits per heavy atom. The largest absolute Gasteiger partial charge is 0.383 e. The molecule has 8 nitrogen and oxygen atoms in total. The van der Waals surface area contributed by atoms with Crippen LogP contribution < -0.4 is 5.32 Å². The third kappa shape index (κ3) is 4.34. The van der Waals surface area contributed by atoms with Crippen molar-refractivity contribution in [1.82, 2.24) is 24.9 Å². The number of nitrogens with one attached hydrogen (secondary N) is 1. The van der Waals surface area contributed by atoms with Gasteiger partial charge in [-0.3, -0.25) is 4.90 Å². The maximum atomic E-state index is 5.68. The summed E-state index contributed by atoms with van der Waals surface area (Å²) in [7, 11) is 3.89. The van der Waals surface area contributed by atoms with Crippen molar-refractivity contribution < 1.29 is 9.26 Å². The first-order chi connectivity index (χ1) is 13.7. The fourth-order valence-electron chi connectivity index (χ4n) is 4.22. The number of anilines is 1. The monoisotopic (exact) mass is 386 g/mol. The molecular formula is C20H30N6O2. The van der Waals surface area contributed by atoms with Gasteiger partial charge in [0.1, 0.15) is 5.82 Å². The van der Waals surface area contributed by atoms with Gasteiger partial charge in [-0.05, 0) is 64.5 Å². The second-order valence-electron chi connectivity index (χ2n) is 7.74. The lowest BCUT2D eigenvalue weighted by atomic mass is 10.0. The fraction of sp³-hybridized carbons (Fsp3) is 0.650. The van der Waals surface area contributed by atoms with Crippen molar-refractivity contribution in [3.8, 4) is 11.4 Å². The molecule has 4 heterocycles. The van der Waals surface area contributed by atoms with Gasteiger partial charge >= 0.3 is 0 Å². The van der Waals surface area contributed by atoms with Crippen molar-refractivity contribution in [3.05, 3.63) is 24.2 Å². The summed E-state index contributed by atoms with van der Waals surface area (Å²) in [6, 6.07) is 4.78. The molecule has 4 rings (SSSR count). The highest BCUT2D eigenvalue weighted by molar-refractivity contribution is 5.55. The molecule has 2 aliphatic heterocycles. The van der Waals surface area contributed by atoms with Gasteiger partial charge in [0.15, 0.2) is 0 Å². The zero-order chi connectivity index (χ0) is 19.3. The number of nitrogens with zero attached hydrogens (tertiary/aromatic N) is 5. The number of ether oxygens (including phenoxy) is 1. The van der Waals surface area contributed by atoms with Gasteiger partial charge in [0.2, 0.25) is 11.7 Å². The summed E-state index contributed by atoms with van der Waals surface area (Å²) < 4.78 is 10.7. The average Bonchev–Trinajstić information content (AvgIpc) is 3.39. The van der Waals surface area contributed by atoms with E-state index < -0.39 is 0 Å². The van der Waals surface area contributed by atoms with Gasteiger partial charge in [-0.2, -0.15) is 4.98 Å². The van der Waals surface area contributed by atoms with Crippen LogP contribution in [0.5, 0.6) is 0 Å². The van der Waals surface area contributed by atoms with Crippen LogP contribution in [0, 0.1) is 0 Å². The Balaban J connectivity index is 1.42. The van der Waals surface area contributed by atoms with Crippen molar-refractivity contribution in [2.24, 2.45) is 0 Å². The third-order valence-electron chi connectivity index (χ3n) is 5.81. The summed E-state index contributed by atoms with van der Waals surface area (Å²) in [5.41, 5.74) is 0.871. The molecule has 2 fully saturated rings. The molecule has 0 aliphatic carbocycles. The minimum Gasteiger partial charge on any atom is -0.383 e. The summed E-state index contributed by atoms with van der Waals surface area (Å²) in [5, 5.41) is 7.44. The molecule has 28 heavy (non-hydrogen) atoms. The molecule has 1 N–H and O–H groups in total. The number of rotatable bonds is 7. The van der Waals surface area contributed by atoms with Gasteiger partial charge in [0, 0.05) is 31.5 Å². The van der Waals surface area contributed by atoms with Gasteiger partial charge in [-0.25, -0.2) is 4.98 Å². The Morgan fingerprint density at radius 2 is 2.07 bits per heavy atom. The minimum absolute atomic E-state index is 0.248. The van der Waals surface area contributed by atoms with Crippen molar-refractivity contribution >= 4 is 5.82 Å². The highest BCUT2D eigenvalue weighted by Crippen LogP contribution is 2.36. The Bertz CT molecular complexity index is 741. The number of aromatic nitrogens is 3. The number of methoxy groups -OCH3 is 1. The van der Waals surface area contributed by atoms with Crippen LogP contribution in [0.4, 0.5) is 5.82 Å². The fourth-order valence-corrected chi connectivity index (χ4v) is 4.22. The van der Waals surface area contributed by atoms with Crippen LogP contribution in [0.25, 0.3) is 11.4 Å². The predicted octanol–water partition coefficient (Wildman–Crippen LogP) is 2.42. The van der Waals surface area contributed by atoms with Crippen LogP contribution in [0.15, 0.2) is 22.9 Å². The van der Waals surface area contributed by atoms with Crippen LogP contribution in [-0.4, -0.2) is 77.9 Å². The zero-order valence-electron chi connectivity index (χ0n) is 16.8. The van der Waals surface area contributed by atoms with E-state index in [1.165, 1.54) is 32.4 Å². The van der Waals surface area contributed by atoms with Crippen LogP contribution in [0.1, 0.15) is 37.6 Å². The summed E-state index contributed by atoms with van der Waals surface area (Å²) in [6.45, 7) is 4.83. The van der Waals surface area contributed by atoms with E-state index in [9.17, 15) is 0 Å². The standard InChI is InChI=1S/C20H30N6O2/c1-25-11-7-16(8-12-25)26-10-3-4-17(26)20-23-19(24-28-20)15-5-6-18(22-14-15)21-9-13-27-2/h5-6,14,16-17H,3-4,7-13H2,1-2H3,(H,21,22). The van der Waals surface area contributed by atoms with Gasteiger partial charge in [0.25, 0.3) is 0 Å².